The zero-order valence-corrected chi connectivity index (χ0v) is 12.4. The summed E-state index contributed by atoms with van der Waals surface area (Å²) in [6, 6.07) is 4.50. The summed E-state index contributed by atoms with van der Waals surface area (Å²) in [5.41, 5.74) is -0.308. The number of carbonyl (C=O) groups is 1. The van der Waals surface area contributed by atoms with Crippen molar-refractivity contribution in [3.63, 3.8) is 0 Å². The van der Waals surface area contributed by atoms with Gasteiger partial charge in [0.1, 0.15) is 12.9 Å². The van der Waals surface area contributed by atoms with Crippen LogP contribution in [0.15, 0.2) is 30.6 Å². The smallest absolute Gasteiger partial charge is 0.348 e. The van der Waals surface area contributed by atoms with Crippen molar-refractivity contribution in [3.8, 4) is 0 Å². The van der Waals surface area contributed by atoms with Crippen LogP contribution in [0.2, 0.25) is 0 Å². The van der Waals surface area contributed by atoms with Gasteiger partial charge in [0.05, 0.1) is 11.6 Å². The van der Waals surface area contributed by atoms with Gasteiger partial charge in [-0.15, -0.1) is 5.10 Å². The average Bonchev–Trinajstić information content (AvgIpc) is 2.99. The average molecular weight is 327 g/mol. The Balaban J connectivity index is 2.13. The Kier molecular flexibility index (Phi) is 5.30. The van der Waals surface area contributed by atoms with E-state index in [1.165, 1.54) is 17.1 Å². The van der Waals surface area contributed by atoms with Crippen molar-refractivity contribution in [1.82, 2.24) is 25.5 Å². The molecular formula is C14H16F3N5O. The molecule has 0 radical (unpaired) electrons. The Morgan fingerprint density at radius 1 is 1.39 bits per heavy atom. The molecule has 2 aromatic rings. The molecule has 0 aliphatic rings. The van der Waals surface area contributed by atoms with Crippen molar-refractivity contribution in [2.45, 2.75) is 38.5 Å². The van der Waals surface area contributed by atoms with Crippen molar-refractivity contribution in [2.24, 2.45) is 0 Å². The van der Waals surface area contributed by atoms with Gasteiger partial charge in [0.25, 0.3) is 0 Å². The number of amides is 1. The second-order valence-corrected chi connectivity index (χ2v) is 5.04. The zero-order chi connectivity index (χ0) is 16.9. The maximum absolute atomic E-state index is 12.8. The zero-order valence-electron chi connectivity index (χ0n) is 12.4. The third kappa shape index (κ3) is 4.76. The van der Waals surface area contributed by atoms with Crippen LogP contribution >= 0.6 is 0 Å². The third-order valence-electron chi connectivity index (χ3n) is 3.23. The maximum atomic E-state index is 12.8. The number of nitrogens with one attached hydrogen (secondary N) is 1. The summed E-state index contributed by atoms with van der Waals surface area (Å²) >= 11 is 0. The van der Waals surface area contributed by atoms with Gasteiger partial charge >= 0.3 is 6.18 Å². The molecule has 0 spiro atoms. The van der Waals surface area contributed by atoms with Gasteiger partial charge < -0.3 is 5.32 Å². The quantitative estimate of drug-likeness (QED) is 0.884. The molecule has 0 aliphatic heterocycles. The van der Waals surface area contributed by atoms with E-state index in [9.17, 15) is 18.0 Å². The molecule has 1 amide bonds. The first kappa shape index (κ1) is 16.9. The van der Waals surface area contributed by atoms with Crippen molar-refractivity contribution >= 4 is 5.91 Å². The molecule has 124 valence electrons. The number of rotatable bonds is 6. The third-order valence-corrected chi connectivity index (χ3v) is 3.23. The number of carbonyl (C=O) groups excluding carboxylic acids is 1. The first-order valence-corrected chi connectivity index (χ1v) is 7.07. The molecule has 1 aromatic heterocycles. The number of nitrogens with zero attached hydrogens (tertiary/aromatic N) is 4. The van der Waals surface area contributed by atoms with E-state index in [1.54, 1.807) is 6.07 Å². The molecule has 1 aromatic carbocycles. The minimum atomic E-state index is -4.41. The predicted octanol–water partition coefficient (Wildman–Crippen LogP) is 2.35. The molecule has 23 heavy (non-hydrogen) atoms. The molecule has 6 nitrogen and oxygen atoms in total. The lowest BCUT2D eigenvalue weighted by atomic mass is 10.00. The number of hydrogen-bond donors (Lipinski definition) is 1. The van der Waals surface area contributed by atoms with Crippen LogP contribution in [0.1, 0.15) is 36.9 Å². The molecule has 0 fully saturated rings. The van der Waals surface area contributed by atoms with Crippen molar-refractivity contribution in [2.75, 3.05) is 0 Å². The van der Waals surface area contributed by atoms with Crippen molar-refractivity contribution < 1.29 is 18.0 Å². The highest BCUT2D eigenvalue weighted by atomic mass is 19.4. The molecule has 0 saturated carbocycles. The maximum Gasteiger partial charge on any atom is 0.416 e. The number of halogens is 3. The Bertz CT molecular complexity index is 642. The highest BCUT2D eigenvalue weighted by Gasteiger charge is 2.31. The summed E-state index contributed by atoms with van der Waals surface area (Å²) in [5.74, 6) is -0.367. The summed E-state index contributed by atoms with van der Waals surface area (Å²) in [5, 5.41) is 13.1. The normalized spacial score (nSPS) is 12.9. The van der Waals surface area contributed by atoms with E-state index in [1.807, 2.05) is 6.92 Å². The van der Waals surface area contributed by atoms with Crippen molar-refractivity contribution in [3.05, 3.63) is 41.7 Å². The monoisotopic (exact) mass is 327 g/mol. The van der Waals surface area contributed by atoms with E-state index in [4.69, 9.17) is 0 Å². The lowest BCUT2D eigenvalue weighted by Gasteiger charge is -2.20. The van der Waals surface area contributed by atoms with Crippen LogP contribution in [0.3, 0.4) is 0 Å². The highest BCUT2D eigenvalue weighted by Crippen LogP contribution is 2.31. The SMILES string of the molecule is CCC[C@H](NC(=O)Cn1cnnn1)c1cccc(C(F)(F)F)c1. The number of tetrazole rings is 1. The number of alkyl halides is 3. The summed E-state index contributed by atoms with van der Waals surface area (Å²) in [4.78, 5) is 12.0. The molecule has 2 rings (SSSR count). The van der Waals surface area contributed by atoms with Crippen LogP contribution in [0.25, 0.3) is 0 Å². The van der Waals surface area contributed by atoms with Crippen LogP contribution in [-0.4, -0.2) is 26.1 Å². The largest absolute Gasteiger partial charge is 0.416 e. The standard InChI is InChI=1S/C14H16F3N5O/c1-2-4-12(19-13(23)8-22-9-18-20-21-22)10-5-3-6-11(7-10)14(15,16)17/h3,5-7,9,12H,2,4,8H2,1H3,(H,19,23)/t12-/m0/s1. The minimum Gasteiger partial charge on any atom is -0.348 e. The van der Waals surface area contributed by atoms with Gasteiger partial charge in [-0.2, -0.15) is 13.2 Å². The topological polar surface area (TPSA) is 72.7 Å². The highest BCUT2D eigenvalue weighted by molar-refractivity contribution is 5.76. The first-order chi connectivity index (χ1) is 10.9. The van der Waals surface area contributed by atoms with Crippen molar-refractivity contribution in [1.29, 1.82) is 0 Å². The van der Waals surface area contributed by atoms with Gasteiger partial charge in [-0.3, -0.25) is 4.79 Å². The van der Waals surface area contributed by atoms with Gasteiger partial charge in [-0.25, -0.2) is 4.68 Å². The first-order valence-electron chi connectivity index (χ1n) is 7.07. The Morgan fingerprint density at radius 2 is 2.17 bits per heavy atom. The minimum absolute atomic E-state index is 0.0911. The fourth-order valence-corrected chi connectivity index (χ4v) is 2.18. The fraction of sp³-hybridized carbons (Fsp3) is 0.429. The van der Waals surface area contributed by atoms with Gasteiger partial charge in [0, 0.05) is 0 Å². The van der Waals surface area contributed by atoms with E-state index >= 15 is 0 Å². The summed E-state index contributed by atoms with van der Waals surface area (Å²) in [6.07, 6.45) is -1.88. The molecule has 1 atom stereocenters. The molecule has 1 heterocycles. The lowest BCUT2D eigenvalue weighted by molar-refractivity contribution is -0.137. The second-order valence-electron chi connectivity index (χ2n) is 5.04. The van der Waals surface area contributed by atoms with Gasteiger partial charge in [-0.1, -0.05) is 25.5 Å². The fourth-order valence-electron chi connectivity index (χ4n) is 2.18. The molecule has 0 unspecified atom stereocenters. The van der Waals surface area contributed by atoms with Gasteiger partial charge in [-0.05, 0) is 34.5 Å². The summed E-state index contributed by atoms with van der Waals surface area (Å²) < 4.78 is 39.7. The molecule has 0 saturated heterocycles. The molecular weight excluding hydrogens is 311 g/mol. The van der Waals surface area contributed by atoms with E-state index in [0.29, 0.717) is 18.4 Å². The van der Waals surface area contributed by atoms with Crippen LogP contribution in [0, 0.1) is 0 Å². The molecule has 1 N–H and O–H groups in total. The predicted molar refractivity (Wildman–Crippen MR) is 75.1 cm³/mol. The summed E-state index contributed by atoms with van der Waals surface area (Å²) in [6.45, 7) is 1.81. The van der Waals surface area contributed by atoms with Crippen LogP contribution < -0.4 is 5.32 Å². The van der Waals surface area contributed by atoms with E-state index < -0.39 is 17.8 Å². The summed E-state index contributed by atoms with van der Waals surface area (Å²) in [7, 11) is 0. The van der Waals surface area contributed by atoms with E-state index in [0.717, 1.165) is 12.1 Å². The molecule has 9 heteroatoms. The van der Waals surface area contributed by atoms with E-state index in [2.05, 4.69) is 20.8 Å². The lowest BCUT2D eigenvalue weighted by Crippen LogP contribution is -2.32. The van der Waals surface area contributed by atoms with Crippen LogP contribution in [0.5, 0.6) is 0 Å². The number of benzene rings is 1. The molecule has 0 bridgehead atoms. The Labute approximate surface area is 130 Å². The number of aromatic nitrogens is 4. The van der Waals surface area contributed by atoms with Gasteiger partial charge in [0.2, 0.25) is 5.91 Å². The van der Waals surface area contributed by atoms with Gasteiger partial charge in [0.15, 0.2) is 0 Å². The Hall–Kier alpha value is -2.45. The second kappa shape index (κ2) is 7.21. The Morgan fingerprint density at radius 3 is 2.78 bits per heavy atom. The number of hydrogen-bond acceptors (Lipinski definition) is 4. The van der Waals surface area contributed by atoms with E-state index in [-0.39, 0.29) is 12.5 Å². The van der Waals surface area contributed by atoms with Crippen LogP contribution in [-0.2, 0) is 17.5 Å². The molecule has 0 aliphatic carbocycles. The van der Waals surface area contributed by atoms with Crippen LogP contribution in [0.4, 0.5) is 13.2 Å².